The van der Waals surface area contributed by atoms with Crippen LogP contribution < -0.4 is 9.47 Å². The summed E-state index contributed by atoms with van der Waals surface area (Å²) >= 11 is 3.42. The Bertz CT molecular complexity index is 425. The zero-order valence-corrected chi connectivity index (χ0v) is 11.0. The number of allylic oxidation sites excluding steroid dienone is 1. The highest BCUT2D eigenvalue weighted by Crippen LogP contribution is 2.37. The van der Waals surface area contributed by atoms with E-state index < -0.39 is 0 Å². The lowest BCUT2D eigenvalue weighted by Crippen LogP contribution is -1.93. The van der Waals surface area contributed by atoms with Crippen molar-refractivity contribution in [1.29, 1.82) is 0 Å². The van der Waals surface area contributed by atoms with Crippen molar-refractivity contribution >= 4 is 27.8 Å². The van der Waals surface area contributed by atoms with E-state index in [1.165, 1.54) is 13.0 Å². The highest BCUT2D eigenvalue weighted by atomic mass is 79.9. The van der Waals surface area contributed by atoms with Gasteiger partial charge in [-0.2, -0.15) is 0 Å². The molecule has 0 aliphatic rings. The summed E-state index contributed by atoms with van der Waals surface area (Å²) in [5.74, 6) is 1.27. The van der Waals surface area contributed by atoms with Crippen LogP contribution >= 0.6 is 15.9 Å². The molecule has 16 heavy (non-hydrogen) atoms. The summed E-state index contributed by atoms with van der Waals surface area (Å²) in [5.41, 5.74) is 0.868. The fourth-order valence-electron chi connectivity index (χ4n) is 1.24. The third kappa shape index (κ3) is 2.85. The smallest absolute Gasteiger partial charge is 0.175 e. The van der Waals surface area contributed by atoms with Gasteiger partial charge in [0.15, 0.2) is 17.3 Å². The number of ketones is 1. The van der Waals surface area contributed by atoms with Gasteiger partial charge in [0.2, 0.25) is 0 Å². The minimum atomic E-state index is 0.00156. The molecule has 0 unspecified atom stereocenters. The van der Waals surface area contributed by atoms with Crippen molar-refractivity contribution in [2.24, 2.45) is 0 Å². The van der Waals surface area contributed by atoms with Gasteiger partial charge in [-0.15, -0.1) is 0 Å². The Labute approximate surface area is 103 Å². The number of halogens is 1. The molecule has 1 aromatic carbocycles. The second-order valence-corrected chi connectivity index (χ2v) is 3.94. The lowest BCUT2D eigenvalue weighted by atomic mass is 10.1. The summed E-state index contributed by atoms with van der Waals surface area (Å²) < 4.78 is 11.1. The van der Waals surface area contributed by atoms with E-state index in [1.54, 1.807) is 26.4 Å². The minimum Gasteiger partial charge on any atom is -0.493 e. The molecular formula is C12H13BrO3. The largest absolute Gasteiger partial charge is 0.493 e. The fourth-order valence-corrected chi connectivity index (χ4v) is 1.86. The maximum Gasteiger partial charge on any atom is 0.175 e. The average molecular weight is 285 g/mol. The van der Waals surface area contributed by atoms with Crippen molar-refractivity contribution in [2.75, 3.05) is 14.2 Å². The number of methoxy groups -OCH3 is 2. The van der Waals surface area contributed by atoms with Crippen LogP contribution in [0.1, 0.15) is 12.5 Å². The van der Waals surface area contributed by atoms with Crippen LogP contribution in [-0.2, 0) is 4.79 Å². The highest BCUT2D eigenvalue weighted by molar-refractivity contribution is 9.10. The molecule has 0 fully saturated rings. The van der Waals surface area contributed by atoms with Gasteiger partial charge in [0.1, 0.15) is 0 Å². The molecule has 0 amide bonds. The van der Waals surface area contributed by atoms with Gasteiger partial charge < -0.3 is 9.47 Å². The van der Waals surface area contributed by atoms with E-state index in [0.717, 1.165) is 10.0 Å². The SMILES string of the molecule is COc1ccc(/C=C/C(C)=O)c(Br)c1OC. The number of carbonyl (C=O) groups is 1. The molecule has 0 N–H and O–H groups in total. The third-order valence-corrected chi connectivity index (χ3v) is 2.83. The molecule has 3 nitrogen and oxygen atoms in total. The summed E-state index contributed by atoms with van der Waals surface area (Å²) in [6.45, 7) is 1.51. The maximum absolute atomic E-state index is 10.8. The Morgan fingerprint density at radius 3 is 2.50 bits per heavy atom. The lowest BCUT2D eigenvalue weighted by Gasteiger charge is -2.10. The normalized spacial score (nSPS) is 10.5. The van der Waals surface area contributed by atoms with Crippen LogP contribution in [0, 0.1) is 0 Å². The molecule has 0 aliphatic carbocycles. The standard InChI is InChI=1S/C12H13BrO3/c1-8(14)4-5-9-6-7-10(15-2)12(16-3)11(9)13/h4-7H,1-3H3/b5-4+. The Hall–Kier alpha value is -1.29. The summed E-state index contributed by atoms with van der Waals surface area (Å²) in [7, 11) is 3.15. The first-order chi connectivity index (χ1) is 7.60. The van der Waals surface area contributed by atoms with Gasteiger partial charge in [-0.05, 0) is 46.6 Å². The van der Waals surface area contributed by atoms with Crippen LogP contribution in [0.25, 0.3) is 6.08 Å². The first kappa shape index (κ1) is 12.8. The quantitative estimate of drug-likeness (QED) is 0.797. The van der Waals surface area contributed by atoms with Crippen molar-refractivity contribution < 1.29 is 14.3 Å². The summed E-state index contributed by atoms with van der Waals surface area (Å²) in [5, 5.41) is 0. The lowest BCUT2D eigenvalue weighted by molar-refractivity contribution is -0.112. The Morgan fingerprint density at radius 2 is 2.00 bits per heavy atom. The monoisotopic (exact) mass is 284 g/mol. The summed E-state index contributed by atoms with van der Waals surface area (Å²) in [4.78, 5) is 10.8. The van der Waals surface area contributed by atoms with Crippen molar-refractivity contribution in [3.8, 4) is 11.5 Å². The van der Waals surface area contributed by atoms with E-state index in [1.807, 2.05) is 6.07 Å². The first-order valence-corrected chi connectivity index (χ1v) is 5.48. The van der Waals surface area contributed by atoms with E-state index in [2.05, 4.69) is 15.9 Å². The molecule has 0 aliphatic heterocycles. The van der Waals surface area contributed by atoms with E-state index in [-0.39, 0.29) is 5.78 Å². The molecule has 0 atom stereocenters. The fraction of sp³-hybridized carbons (Fsp3) is 0.250. The Balaban J connectivity index is 3.18. The van der Waals surface area contributed by atoms with E-state index in [9.17, 15) is 4.79 Å². The van der Waals surface area contributed by atoms with Crippen LogP contribution in [0.3, 0.4) is 0 Å². The number of benzene rings is 1. The van der Waals surface area contributed by atoms with Gasteiger partial charge in [-0.1, -0.05) is 6.08 Å². The van der Waals surface area contributed by atoms with Crippen LogP contribution in [0.2, 0.25) is 0 Å². The zero-order chi connectivity index (χ0) is 12.1. The molecule has 0 radical (unpaired) electrons. The van der Waals surface area contributed by atoms with Crippen LogP contribution in [0.5, 0.6) is 11.5 Å². The topological polar surface area (TPSA) is 35.5 Å². The maximum atomic E-state index is 10.8. The summed E-state index contributed by atoms with van der Waals surface area (Å²) in [6.07, 6.45) is 3.24. The molecule has 4 heteroatoms. The Morgan fingerprint density at radius 1 is 1.31 bits per heavy atom. The molecule has 0 spiro atoms. The van der Waals surface area contributed by atoms with Gasteiger partial charge in [-0.3, -0.25) is 4.79 Å². The third-order valence-electron chi connectivity index (χ3n) is 2.01. The molecule has 1 rings (SSSR count). The number of ether oxygens (including phenoxy) is 2. The number of hydrogen-bond donors (Lipinski definition) is 0. The predicted octanol–water partition coefficient (Wildman–Crippen LogP) is 3.07. The molecule has 0 saturated carbocycles. The van der Waals surface area contributed by atoms with Crippen LogP contribution in [0.15, 0.2) is 22.7 Å². The predicted molar refractivity (Wildman–Crippen MR) is 67.0 cm³/mol. The summed E-state index contributed by atoms with van der Waals surface area (Å²) in [6, 6.07) is 3.65. The van der Waals surface area contributed by atoms with Crippen LogP contribution in [0.4, 0.5) is 0 Å². The van der Waals surface area contributed by atoms with Crippen molar-refractivity contribution in [3.05, 3.63) is 28.2 Å². The molecule has 0 saturated heterocycles. The second-order valence-electron chi connectivity index (χ2n) is 3.15. The average Bonchev–Trinajstić information content (AvgIpc) is 2.26. The number of carbonyl (C=O) groups excluding carboxylic acids is 1. The van der Waals surface area contributed by atoms with Gasteiger partial charge in [0.25, 0.3) is 0 Å². The van der Waals surface area contributed by atoms with Gasteiger partial charge in [0, 0.05) is 0 Å². The molecular weight excluding hydrogens is 272 g/mol. The molecule has 0 aromatic heterocycles. The van der Waals surface area contributed by atoms with Gasteiger partial charge in [-0.25, -0.2) is 0 Å². The Kier molecular flexibility index (Phi) is 4.55. The molecule has 1 aromatic rings. The second kappa shape index (κ2) is 5.70. The van der Waals surface area contributed by atoms with E-state index in [0.29, 0.717) is 11.5 Å². The number of rotatable bonds is 4. The van der Waals surface area contributed by atoms with Crippen molar-refractivity contribution in [1.82, 2.24) is 0 Å². The van der Waals surface area contributed by atoms with Crippen molar-refractivity contribution in [2.45, 2.75) is 6.92 Å². The highest BCUT2D eigenvalue weighted by Gasteiger charge is 2.10. The molecule has 86 valence electrons. The van der Waals surface area contributed by atoms with E-state index in [4.69, 9.17) is 9.47 Å². The van der Waals surface area contributed by atoms with Gasteiger partial charge in [0.05, 0.1) is 18.7 Å². The number of hydrogen-bond acceptors (Lipinski definition) is 3. The van der Waals surface area contributed by atoms with Gasteiger partial charge >= 0.3 is 0 Å². The molecule has 0 heterocycles. The van der Waals surface area contributed by atoms with Crippen molar-refractivity contribution in [3.63, 3.8) is 0 Å². The minimum absolute atomic E-state index is 0.00156. The zero-order valence-electron chi connectivity index (χ0n) is 9.41. The molecule has 0 bridgehead atoms. The van der Waals surface area contributed by atoms with E-state index >= 15 is 0 Å². The first-order valence-electron chi connectivity index (χ1n) is 4.69. The van der Waals surface area contributed by atoms with Crippen LogP contribution in [-0.4, -0.2) is 20.0 Å².